The molecule has 0 saturated heterocycles. The van der Waals surface area contributed by atoms with E-state index in [-0.39, 0.29) is 11.8 Å². The molecule has 0 radical (unpaired) electrons. The first-order valence-electron chi connectivity index (χ1n) is 6.29. The molecule has 0 aliphatic heterocycles. The smallest absolute Gasteiger partial charge is 0.216 e. The zero-order valence-electron chi connectivity index (χ0n) is 11.0. The summed E-state index contributed by atoms with van der Waals surface area (Å²) in [5.74, 6) is -0.00310. The Kier molecular flexibility index (Phi) is 5.78. The molecule has 0 aliphatic rings. The minimum atomic E-state index is -3.30. The normalized spacial score (nSPS) is 12.0. The van der Waals surface area contributed by atoms with Crippen LogP contribution in [0.3, 0.4) is 0 Å². The highest BCUT2D eigenvalue weighted by Gasteiger charge is 2.17. The fourth-order valence-corrected chi connectivity index (χ4v) is 3.47. The monoisotopic (exact) mass is 270 g/mol. The standard InChI is InChI=1S/C13H22N2O2S/c1-3-13(4-2)15-18(16,17)10-12-8-6-5-7-11(12)9-14/h5-8,13,15H,3-4,9-10,14H2,1-2H3. The number of hydrogen-bond acceptors (Lipinski definition) is 3. The number of nitrogens with two attached hydrogens (primary N) is 1. The van der Waals surface area contributed by atoms with Crippen LogP contribution < -0.4 is 10.5 Å². The van der Waals surface area contributed by atoms with Crippen LogP contribution in [0.15, 0.2) is 24.3 Å². The summed E-state index contributed by atoms with van der Waals surface area (Å²) in [5.41, 5.74) is 7.27. The van der Waals surface area contributed by atoms with Crippen LogP contribution in [-0.2, 0) is 22.3 Å². The number of hydrogen-bond donors (Lipinski definition) is 2. The van der Waals surface area contributed by atoms with Gasteiger partial charge in [0.05, 0.1) is 5.75 Å². The number of benzene rings is 1. The Labute approximate surface area is 110 Å². The third kappa shape index (κ3) is 4.40. The van der Waals surface area contributed by atoms with Crippen LogP contribution in [0.5, 0.6) is 0 Å². The lowest BCUT2D eigenvalue weighted by Gasteiger charge is -2.16. The fourth-order valence-electron chi connectivity index (χ4n) is 1.85. The molecule has 1 aromatic rings. The van der Waals surface area contributed by atoms with Crippen molar-refractivity contribution >= 4 is 10.0 Å². The first kappa shape index (κ1) is 15.1. The Hall–Kier alpha value is -0.910. The minimum absolute atomic E-state index is 0.00310. The van der Waals surface area contributed by atoms with Gasteiger partial charge in [-0.3, -0.25) is 0 Å². The predicted molar refractivity (Wildman–Crippen MR) is 74.5 cm³/mol. The third-order valence-corrected chi connectivity index (χ3v) is 4.40. The van der Waals surface area contributed by atoms with Gasteiger partial charge in [0.15, 0.2) is 0 Å². The highest BCUT2D eigenvalue weighted by molar-refractivity contribution is 7.88. The molecular formula is C13H22N2O2S. The summed E-state index contributed by atoms with van der Waals surface area (Å²) in [5, 5.41) is 0. The van der Waals surface area contributed by atoms with Crippen molar-refractivity contribution in [3.05, 3.63) is 35.4 Å². The van der Waals surface area contributed by atoms with Gasteiger partial charge in [-0.15, -0.1) is 0 Å². The average Bonchev–Trinajstić information content (AvgIpc) is 2.36. The van der Waals surface area contributed by atoms with Crippen molar-refractivity contribution in [1.82, 2.24) is 4.72 Å². The quantitative estimate of drug-likeness (QED) is 0.793. The fraction of sp³-hybridized carbons (Fsp3) is 0.538. The molecule has 18 heavy (non-hydrogen) atoms. The van der Waals surface area contributed by atoms with Gasteiger partial charge >= 0.3 is 0 Å². The Morgan fingerprint density at radius 2 is 1.72 bits per heavy atom. The number of sulfonamides is 1. The maximum atomic E-state index is 12.0. The lowest BCUT2D eigenvalue weighted by atomic mass is 10.1. The number of rotatable bonds is 7. The molecule has 5 heteroatoms. The predicted octanol–water partition coefficient (Wildman–Crippen LogP) is 1.75. The van der Waals surface area contributed by atoms with E-state index in [0.29, 0.717) is 6.54 Å². The van der Waals surface area contributed by atoms with E-state index in [1.165, 1.54) is 0 Å². The summed E-state index contributed by atoms with van der Waals surface area (Å²) in [6.45, 7) is 4.31. The van der Waals surface area contributed by atoms with Gasteiger partial charge in [-0.2, -0.15) is 0 Å². The number of nitrogens with one attached hydrogen (secondary N) is 1. The second-order valence-electron chi connectivity index (χ2n) is 4.36. The van der Waals surface area contributed by atoms with E-state index in [0.717, 1.165) is 24.0 Å². The summed E-state index contributed by atoms with van der Waals surface area (Å²) >= 11 is 0. The average molecular weight is 270 g/mol. The molecule has 3 N–H and O–H groups in total. The molecule has 0 aromatic heterocycles. The van der Waals surface area contributed by atoms with Crippen LogP contribution in [0.25, 0.3) is 0 Å². The zero-order chi connectivity index (χ0) is 13.6. The van der Waals surface area contributed by atoms with Gasteiger partial charge in [-0.05, 0) is 24.0 Å². The SMILES string of the molecule is CCC(CC)NS(=O)(=O)Cc1ccccc1CN. The van der Waals surface area contributed by atoms with Gasteiger partial charge in [0.2, 0.25) is 10.0 Å². The van der Waals surface area contributed by atoms with Crippen LogP contribution in [0.2, 0.25) is 0 Å². The Bertz CT molecular complexity index is 468. The third-order valence-electron chi connectivity index (χ3n) is 3.02. The van der Waals surface area contributed by atoms with Crippen LogP contribution in [0, 0.1) is 0 Å². The van der Waals surface area contributed by atoms with Crippen LogP contribution in [0.1, 0.15) is 37.8 Å². The van der Waals surface area contributed by atoms with Crippen molar-refractivity contribution in [3.63, 3.8) is 0 Å². The lowest BCUT2D eigenvalue weighted by molar-refractivity contribution is 0.529. The molecule has 0 aliphatic carbocycles. The molecule has 4 nitrogen and oxygen atoms in total. The van der Waals surface area contributed by atoms with Gasteiger partial charge in [0, 0.05) is 12.6 Å². The lowest BCUT2D eigenvalue weighted by Crippen LogP contribution is -2.34. The highest BCUT2D eigenvalue weighted by Crippen LogP contribution is 2.12. The molecule has 0 fully saturated rings. The summed E-state index contributed by atoms with van der Waals surface area (Å²) in [6, 6.07) is 7.39. The summed E-state index contributed by atoms with van der Waals surface area (Å²) in [4.78, 5) is 0. The molecule has 1 rings (SSSR count). The molecule has 1 aromatic carbocycles. The van der Waals surface area contributed by atoms with E-state index in [2.05, 4.69) is 4.72 Å². The Morgan fingerprint density at radius 1 is 1.17 bits per heavy atom. The van der Waals surface area contributed by atoms with E-state index in [9.17, 15) is 8.42 Å². The van der Waals surface area contributed by atoms with E-state index >= 15 is 0 Å². The van der Waals surface area contributed by atoms with Gasteiger partial charge in [-0.1, -0.05) is 38.1 Å². The van der Waals surface area contributed by atoms with Crippen molar-refractivity contribution in [1.29, 1.82) is 0 Å². The summed E-state index contributed by atoms with van der Waals surface area (Å²) in [7, 11) is -3.30. The van der Waals surface area contributed by atoms with E-state index in [1.807, 2.05) is 38.1 Å². The van der Waals surface area contributed by atoms with Crippen molar-refractivity contribution in [2.24, 2.45) is 5.73 Å². The van der Waals surface area contributed by atoms with E-state index < -0.39 is 10.0 Å². The topological polar surface area (TPSA) is 72.2 Å². The van der Waals surface area contributed by atoms with Crippen molar-refractivity contribution < 1.29 is 8.42 Å². The molecule has 0 spiro atoms. The molecular weight excluding hydrogens is 248 g/mol. The minimum Gasteiger partial charge on any atom is -0.326 e. The zero-order valence-corrected chi connectivity index (χ0v) is 11.8. The molecule has 0 amide bonds. The van der Waals surface area contributed by atoms with Gasteiger partial charge in [0.25, 0.3) is 0 Å². The molecule has 0 saturated carbocycles. The van der Waals surface area contributed by atoms with Gasteiger partial charge < -0.3 is 5.73 Å². The second-order valence-corrected chi connectivity index (χ2v) is 6.12. The summed E-state index contributed by atoms with van der Waals surface area (Å²) in [6.07, 6.45) is 1.60. The Balaban J connectivity index is 2.82. The van der Waals surface area contributed by atoms with Gasteiger partial charge in [0.1, 0.15) is 0 Å². The first-order valence-corrected chi connectivity index (χ1v) is 7.94. The van der Waals surface area contributed by atoms with Gasteiger partial charge in [-0.25, -0.2) is 13.1 Å². The first-order chi connectivity index (χ1) is 8.52. The summed E-state index contributed by atoms with van der Waals surface area (Å²) < 4.78 is 26.8. The van der Waals surface area contributed by atoms with Crippen molar-refractivity contribution in [3.8, 4) is 0 Å². The molecule has 0 unspecified atom stereocenters. The van der Waals surface area contributed by atoms with E-state index in [1.54, 1.807) is 0 Å². The molecule has 0 heterocycles. The molecule has 0 atom stereocenters. The maximum Gasteiger partial charge on any atom is 0.216 e. The molecule has 0 bridgehead atoms. The van der Waals surface area contributed by atoms with Crippen LogP contribution in [-0.4, -0.2) is 14.5 Å². The molecule has 102 valence electrons. The maximum absolute atomic E-state index is 12.0. The van der Waals surface area contributed by atoms with Crippen molar-refractivity contribution in [2.75, 3.05) is 0 Å². The van der Waals surface area contributed by atoms with Crippen LogP contribution >= 0.6 is 0 Å². The highest BCUT2D eigenvalue weighted by atomic mass is 32.2. The van der Waals surface area contributed by atoms with Crippen molar-refractivity contribution in [2.45, 2.75) is 45.0 Å². The van der Waals surface area contributed by atoms with Crippen LogP contribution in [0.4, 0.5) is 0 Å². The second kappa shape index (κ2) is 6.87. The van der Waals surface area contributed by atoms with E-state index in [4.69, 9.17) is 5.73 Å². The Morgan fingerprint density at radius 3 is 2.22 bits per heavy atom. The largest absolute Gasteiger partial charge is 0.326 e.